The number of carbonyl (C=O) groups is 2. The summed E-state index contributed by atoms with van der Waals surface area (Å²) < 4.78 is 13.1. The Bertz CT molecular complexity index is 646. The molecule has 3 aliphatic heterocycles. The summed E-state index contributed by atoms with van der Waals surface area (Å²) in [5.74, 6) is 0.261. The second-order valence-electron chi connectivity index (χ2n) is 7.53. The number of rotatable bonds is 2. The summed E-state index contributed by atoms with van der Waals surface area (Å²) >= 11 is 0. The van der Waals surface area contributed by atoms with Crippen LogP contribution >= 0.6 is 0 Å². The third-order valence-corrected chi connectivity index (χ3v) is 6.02. The number of benzene rings is 1. The predicted molar refractivity (Wildman–Crippen MR) is 87.8 cm³/mol. The lowest BCUT2D eigenvalue weighted by atomic mass is 9.84. The van der Waals surface area contributed by atoms with Crippen LogP contribution in [0.4, 0.5) is 4.39 Å². The summed E-state index contributed by atoms with van der Waals surface area (Å²) in [6.45, 7) is 0.551. The molecule has 5 heteroatoms. The molecule has 3 heterocycles. The van der Waals surface area contributed by atoms with Gasteiger partial charge in [0.1, 0.15) is 5.82 Å². The van der Waals surface area contributed by atoms with Crippen LogP contribution in [0, 0.1) is 11.7 Å². The lowest BCUT2D eigenvalue weighted by molar-refractivity contribution is -0.140. The Hall–Kier alpha value is -1.91. The third-order valence-electron chi connectivity index (χ3n) is 6.02. The van der Waals surface area contributed by atoms with Crippen molar-refractivity contribution in [2.45, 2.75) is 50.1 Å². The van der Waals surface area contributed by atoms with E-state index in [1.54, 1.807) is 11.9 Å². The van der Waals surface area contributed by atoms with Crippen LogP contribution in [-0.2, 0) is 9.59 Å². The summed E-state index contributed by atoms with van der Waals surface area (Å²) in [6.07, 6.45) is 4.34. The van der Waals surface area contributed by atoms with Gasteiger partial charge in [-0.15, -0.1) is 0 Å². The van der Waals surface area contributed by atoms with E-state index >= 15 is 0 Å². The van der Waals surface area contributed by atoms with E-state index in [-0.39, 0.29) is 35.6 Å². The highest BCUT2D eigenvalue weighted by molar-refractivity contribution is 5.89. The quantitative estimate of drug-likeness (QED) is 0.836. The van der Waals surface area contributed by atoms with Gasteiger partial charge in [-0.1, -0.05) is 12.1 Å². The monoisotopic (exact) mass is 330 g/mol. The first-order valence-electron chi connectivity index (χ1n) is 8.84. The number of carbonyl (C=O) groups excluding carboxylic acids is 2. The number of nitrogens with zero attached hydrogens (tertiary/aromatic N) is 2. The van der Waals surface area contributed by atoms with Crippen LogP contribution in [0.1, 0.15) is 43.6 Å². The maximum atomic E-state index is 13.1. The van der Waals surface area contributed by atoms with Gasteiger partial charge >= 0.3 is 0 Å². The molecule has 2 bridgehead atoms. The topological polar surface area (TPSA) is 40.6 Å². The molecule has 4 rings (SSSR count). The van der Waals surface area contributed by atoms with E-state index < -0.39 is 0 Å². The molecule has 0 unspecified atom stereocenters. The average Bonchev–Trinajstić information content (AvgIpc) is 3.04. The lowest BCUT2D eigenvalue weighted by Crippen LogP contribution is -2.48. The van der Waals surface area contributed by atoms with Crippen molar-refractivity contribution < 1.29 is 14.0 Å². The third kappa shape index (κ3) is 2.60. The van der Waals surface area contributed by atoms with Crippen molar-refractivity contribution in [2.24, 2.45) is 5.92 Å². The van der Waals surface area contributed by atoms with Crippen LogP contribution < -0.4 is 0 Å². The predicted octanol–water partition coefficient (Wildman–Crippen LogP) is 2.54. The molecule has 3 atom stereocenters. The molecule has 4 nitrogen and oxygen atoms in total. The first kappa shape index (κ1) is 15.6. The highest BCUT2D eigenvalue weighted by Gasteiger charge is 2.46. The number of hydrogen-bond donors (Lipinski definition) is 0. The van der Waals surface area contributed by atoms with Crippen LogP contribution in [0.5, 0.6) is 0 Å². The summed E-state index contributed by atoms with van der Waals surface area (Å²) in [5, 5.41) is 0. The van der Waals surface area contributed by atoms with Gasteiger partial charge in [0.2, 0.25) is 11.8 Å². The normalized spacial score (nSPS) is 32.5. The number of halogens is 1. The van der Waals surface area contributed by atoms with Crippen LogP contribution in [0.3, 0.4) is 0 Å². The van der Waals surface area contributed by atoms with E-state index in [4.69, 9.17) is 0 Å². The Morgan fingerprint density at radius 2 is 1.75 bits per heavy atom. The van der Waals surface area contributed by atoms with E-state index in [2.05, 4.69) is 4.90 Å². The molecule has 0 N–H and O–H groups in total. The van der Waals surface area contributed by atoms with E-state index in [1.165, 1.54) is 17.7 Å². The van der Waals surface area contributed by atoms with Gasteiger partial charge < -0.3 is 9.80 Å². The van der Waals surface area contributed by atoms with Crippen LogP contribution in [0.25, 0.3) is 0 Å². The van der Waals surface area contributed by atoms with Crippen molar-refractivity contribution in [2.75, 3.05) is 13.6 Å². The Morgan fingerprint density at radius 1 is 1.12 bits per heavy atom. The van der Waals surface area contributed by atoms with Crippen molar-refractivity contribution >= 4 is 11.8 Å². The molecule has 3 saturated heterocycles. The largest absolute Gasteiger partial charge is 0.345 e. The zero-order valence-electron chi connectivity index (χ0n) is 14.0. The highest BCUT2D eigenvalue weighted by Crippen LogP contribution is 2.44. The van der Waals surface area contributed by atoms with Gasteiger partial charge in [-0.3, -0.25) is 9.59 Å². The molecule has 0 aromatic heterocycles. The summed E-state index contributed by atoms with van der Waals surface area (Å²) in [7, 11) is 1.77. The molecular formula is C19H23FN2O2. The van der Waals surface area contributed by atoms with Gasteiger partial charge in [-0.25, -0.2) is 4.39 Å². The number of likely N-dealkylation sites (tertiary alicyclic amines) is 1. The van der Waals surface area contributed by atoms with E-state index in [1.807, 2.05) is 12.1 Å². The number of amides is 2. The lowest BCUT2D eigenvalue weighted by Gasteiger charge is -2.40. The Balaban J connectivity index is 1.48. The summed E-state index contributed by atoms with van der Waals surface area (Å²) in [4.78, 5) is 28.4. The van der Waals surface area contributed by atoms with Crippen molar-refractivity contribution in [3.8, 4) is 0 Å². The maximum absolute atomic E-state index is 13.1. The summed E-state index contributed by atoms with van der Waals surface area (Å²) in [6, 6.07) is 7.34. The zero-order chi connectivity index (χ0) is 16.8. The molecule has 1 aromatic rings. The minimum absolute atomic E-state index is 0.0712. The minimum Gasteiger partial charge on any atom is -0.345 e. The Kier molecular flexibility index (Phi) is 3.82. The van der Waals surface area contributed by atoms with Crippen LogP contribution in [-0.4, -0.2) is 47.3 Å². The zero-order valence-corrected chi connectivity index (χ0v) is 14.0. The molecule has 24 heavy (non-hydrogen) atoms. The van der Waals surface area contributed by atoms with Crippen molar-refractivity contribution in [1.82, 2.24) is 9.80 Å². The molecule has 3 fully saturated rings. The number of fused-ring (bicyclic) bond motifs is 2. The second-order valence-corrected chi connectivity index (χ2v) is 7.53. The van der Waals surface area contributed by atoms with Gasteiger partial charge in [0.15, 0.2) is 0 Å². The molecule has 3 aliphatic rings. The smallest absolute Gasteiger partial charge is 0.228 e. The first-order chi connectivity index (χ1) is 11.5. The van der Waals surface area contributed by atoms with Gasteiger partial charge in [0.25, 0.3) is 0 Å². The fraction of sp³-hybridized carbons (Fsp3) is 0.579. The standard InChI is InChI=1S/C19H23FN2O2/c1-21-11-14(10-18(21)23)19(24)22-16-6-7-17(22)9-13(8-16)12-2-4-15(20)5-3-12/h2-5,13-14,16-17H,6-11H2,1H3/t14-,16-,17-/m1/s1. The fourth-order valence-electron chi connectivity index (χ4n) is 4.78. The molecule has 0 saturated carbocycles. The molecule has 1 aromatic carbocycles. The van der Waals surface area contributed by atoms with E-state index in [9.17, 15) is 14.0 Å². The van der Waals surface area contributed by atoms with E-state index in [0.717, 1.165) is 25.7 Å². The Morgan fingerprint density at radius 3 is 2.29 bits per heavy atom. The number of piperidine rings is 1. The summed E-state index contributed by atoms with van der Waals surface area (Å²) in [5.41, 5.74) is 1.18. The second kappa shape index (κ2) is 5.87. The molecular weight excluding hydrogens is 307 g/mol. The fourth-order valence-corrected chi connectivity index (χ4v) is 4.78. The molecule has 2 amide bonds. The van der Waals surface area contributed by atoms with Crippen molar-refractivity contribution in [3.63, 3.8) is 0 Å². The molecule has 0 radical (unpaired) electrons. The average molecular weight is 330 g/mol. The van der Waals surface area contributed by atoms with Crippen LogP contribution in [0.2, 0.25) is 0 Å². The SMILES string of the molecule is CN1C[C@H](C(=O)N2[C@@H]3CC[C@@H]2CC(c2ccc(F)cc2)C3)CC1=O. The van der Waals surface area contributed by atoms with Gasteiger partial charge in [-0.2, -0.15) is 0 Å². The number of hydrogen-bond acceptors (Lipinski definition) is 2. The molecule has 128 valence electrons. The van der Waals surface area contributed by atoms with Gasteiger partial charge in [-0.05, 0) is 49.3 Å². The maximum Gasteiger partial charge on any atom is 0.228 e. The van der Waals surface area contributed by atoms with Gasteiger partial charge in [0.05, 0.1) is 5.92 Å². The molecule has 0 aliphatic carbocycles. The van der Waals surface area contributed by atoms with E-state index in [0.29, 0.717) is 18.9 Å². The minimum atomic E-state index is -0.204. The first-order valence-corrected chi connectivity index (χ1v) is 8.84. The van der Waals surface area contributed by atoms with Crippen molar-refractivity contribution in [1.29, 1.82) is 0 Å². The highest BCUT2D eigenvalue weighted by atomic mass is 19.1. The van der Waals surface area contributed by atoms with Crippen molar-refractivity contribution in [3.05, 3.63) is 35.6 Å². The molecule has 0 spiro atoms. The Labute approximate surface area is 141 Å². The van der Waals surface area contributed by atoms with Crippen LogP contribution in [0.15, 0.2) is 24.3 Å². The van der Waals surface area contributed by atoms with Gasteiger partial charge in [0, 0.05) is 32.1 Å².